The van der Waals surface area contributed by atoms with Crippen molar-refractivity contribution in [3.05, 3.63) is 122 Å². The maximum Gasteiger partial charge on any atom is 0.308 e. The summed E-state index contributed by atoms with van der Waals surface area (Å²) in [5.41, 5.74) is 4.38. The number of hydrogen-bond acceptors (Lipinski definition) is 11. The van der Waals surface area contributed by atoms with Crippen LogP contribution in [-0.2, 0) is 25.8 Å². The predicted octanol–water partition coefficient (Wildman–Crippen LogP) is 6.73. The quantitative estimate of drug-likeness (QED) is 0.0461. The number of nitrogens with zero attached hydrogens (tertiary/aromatic N) is 3. The van der Waals surface area contributed by atoms with Gasteiger partial charge in [-0.2, -0.15) is 0 Å². The van der Waals surface area contributed by atoms with Gasteiger partial charge in [0.05, 0.1) is 36.5 Å². The number of aliphatic hydroxyl groups excluding tert-OH is 2. The minimum atomic E-state index is -1.31. The van der Waals surface area contributed by atoms with Gasteiger partial charge in [0.15, 0.2) is 0 Å². The molecular formula is C39H45FN4O11. The highest BCUT2D eigenvalue weighted by molar-refractivity contribution is 6.12. The van der Waals surface area contributed by atoms with Crippen LogP contribution in [0.15, 0.2) is 84.9 Å². The average molecular weight is 765 g/mol. The lowest BCUT2D eigenvalue weighted by Gasteiger charge is -2.20. The average Bonchev–Trinajstić information content (AvgIpc) is 3.47. The highest BCUT2D eigenvalue weighted by Crippen LogP contribution is 2.42. The van der Waals surface area contributed by atoms with Gasteiger partial charge in [-0.1, -0.05) is 62.4 Å². The Labute approximate surface area is 316 Å². The number of aliphatic hydroxyl groups is 2. The van der Waals surface area contributed by atoms with E-state index in [1.165, 1.54) is 19.1 Å². The standard InChI is InChI=1S/C39H45FN4O11/c1-25(2)37-36(39(48)41-30-12-8-5-9-13-30)35(27-10-6-4-7-11-27)38(28-14-16-29(40)17-15-28)42(37)20-18-31(45)23-32(46)24-34(47)53-21-19-33(55-44(51)52)22-26(3)54-43(49)50/h4-17,25-26,31-33,45-46H,18-24H2,1-3H3,(H,41,48)/t26?,31-,32-,33?/m1/s1. The van der Waals surface area contributed by atoms with Gasteiger partial charge in [-0.3, -0.25) is 9.59 Å². The zero-order chi connectivity index (χ0) is 40.1. The van der Waals surface area contributed by atoms with E-state index in [4.69, 9.17) is 4.74 Å². The van der Waals surface area contributed by atoms with E-state index in [-0.39, 0.29) is 50.7 Å². The number of amides is 1. The fourth-order valence-corrected chi connectivity index (χ4v) is 6.45. The van der Waals surface area contributed by atoms with Crippen molar-refractivity contribution in [3.8, 4) is 22.4 Å². The molecule has 55 heavy (non-hydrogen) atoms. The number of para-hydroxylation sites is 1. The van der Waals surface area contributed by atoms with Crippen LogP contribution in [0.2, 0.25) is 0 Å². The predicted molar refractivity (Wildman–Crippen MR) is 199 cm³/mol. The van der Waals surface area contributed by atoms with E-state index in [9.17, 15) is 44.4 Å². The van der Waals surface area contributed by atoms with Gasteiger partial charge < -0.3 is 34.5 Å². The monoisotopic (exact) mass is 764 g/mol. The van der Waals surface area contributed by atoms with E-state index < -0.39 is 52.8 Å². The third-order valence-corrected chi connectivity index (χ3v) is 8.72. The van der Waals surface area contributed by atoms with Crippen LogP contribution in [0, 0.1) is 26.0 Å². The Kier molecular flexibility index (Phi) is 15.2. The number of esters is 1. The molecular weight excluding hydrogens is 719 g/mol. The van der Waals surface area contributed by atoms with E-state index in [0.717, 1.165) is 5.56 Å². The highest BCUT2D eigenvalue weighted by Gasteiger charge is 2.31. The molecule has 0 saturated carbocycles. The summed E-state index contributed by atoms with van der Waals surface area (Å²) in [5, 5.41) is 44.1. The first-order valence-electron chi connectivity index (χ1n) is 17.8. The Bertz CT molecular complexity index is 1890. The molecule has 4 rings (SSSR count). The number of carbonyl (C=O) groups excluding carboxylic acids is 2. The lowest BCUT2D eigenvalue weighted by molar-refractivity contribution is -0.778. The zero-order valence-corrected chi connectivity index (χ0v) is 30.7. The van der Waals surface area contributed by atoms with Gasteiger partial charge in [-0.15, -0.1) is 20.2 Å². The van der Waals surface area contributed by atoms with Crippen LogP contribution in [-0.4, -0.2) is 67.9 Å². The van der Waals surface area contributed by atoms with E-state index >= 15 is 0 Å². The molecule has 1 aromatic heterocycles. The van der Waals surface area contributed by atoms with Crippen LogP contribution in [0.4, 0.5) is 10.1 Å². The van der Waals surface area contributed by atoms with E-state index in [2.05, 4.69) is 15.0 Å². The van der Waals surface area contributed by atoms with Crippen LogP contribution in [0.5, 0.6) is 0 Å². The van der Waals surface area contributed by atoms with Crippen molar-refractivity contribution < 1.29 is 48.8 Å². The van der Waals surface area contributed by atoms with E-state index in [1.54, 1.807) is 24.3 Å². The molecule has 4 aromatic rings. The Morgan fingerprint density at radius 3 is 2.04 bits per heavy atom. The lowest BCUT2D eigenvalue weighted by atomic mass is 9.94. The van der Waals surface area contributed by atoms with Gasteiger partial charge in [0.25, 0.3) is 16.1 Å². The molecule has 0 aliphatic rings. The van der Waals surface area contributed by atoms with Crippen LogP contribution in [0.3, 0.4) is 0 Å². The molecule has 0 saturated heterocycles. The van der Waals surface area contributed by atoms with Crippen LogP contribution < -0.4 is 5.32 Å². The second-order valence-corrected chi connectivity index (χ2v) is 13.4. The van der Waals surface area contributed by atoms with Crippen molar-refractivity contribution in [1.29, 1.82) is 0 Å². The zero-order valence-electron chi connectivity index (χ0n) is 30.7. The molecule has 0 radical (unpaired) electrons. The van der Waals surface area contributed by atoms with Gasteiger partial charge in [0.2, 0.25) is 0 Å². The largest absolute Gasteiger partial charge is 0.466 e. The molecule has 15 nitrogen and oxygen atoms in total. The first-order valence-corrected chi connectivity index (χ1v) is 17.8. The topological polar surface area (TPSA) is 206 Å². The smallest absolute Gasteiger partial charge is 0.308 e. The molecule has 0 aliphatic carbocycles. The summed E-state index contributed by atoms with van der Waals surface area (Å²) in [6.07, 6.45) is -5.54. The fourth-order valence-electron chi connectivity index (χ4n) is 6.45. The Balaban J connectivity index is 1.53. The molecule has 1 heterocycles. The van der Waals surface area contributed by atoms with Crippen molar-refractivity contribution in [2.24, 2.45) is 0 Å². The van der Waals surface area contributed by atoms with Crippen molar-refractivity contribution in [3.63, 3.8) is 0 Å². The van der Waals surface area contributed by atoms with Gasteiger partial charge in [0.1, 0.15) is 18.0 Å². The number of rotatable bonds is 21. The number of aromatic nitrogens is 1. The van der Waals surface area contributed by atoms with Crippen molar-refractivity contribution in [2.45, 2.75) is 89.8 Å². The SMILES string of the molecule is CC(CC(CCOC(=O)C[C@H](O)C[C@H](O)CCn1c(-c2ccc(F)cc2)c(-c2ccccc2)c(C(=O)Nc2ccccc2)c1C(C)C)O[N+](=O)[O-])O[N+](=O)[O-]. The number of benzene rings is 3. The molecule has 2 unspecified atom stereocenters. The number of hydrogen-bond donors (Lipinski definition) is 3. The summed E-state index contributed by atoms with van der Waals surface area (Å²) < 4.78 is 21.3. The van der Waals surface area contributed by atoms with Gasteiger partial charge in [-0.25, -0.2) is 4.39 Å². The number of nitrogens with one attached hydrogen (secondary N) is 1. The lowest BCUT2D eigenvalue weighted by Crippen LogP contribution is -2.27. The summed E-state index contributed by atoms with van der Waals surface area (Å²) in [7, 11) is 0. The Morgan fingerprint density at radius 2 is 1.44 bits per heavy atom. The molecule has 3 N–H and O–H groups in total. The van der Waals surface area contributed by atoms with Crippen molar-refractivity contribution >= 4 is 17.6 Å². The van der Waals surface area contributed by atoms with Gasteiger partial charge in [-0.05, 0) is 73.2 Å². The third-order valence-electron chi connectivity index (χ3n) is 8.72. The van der Waals surface area contributed by atoms with Crippen LogP contribution in [0.25, 0.3) is 22.4 Å². The molecule has 4 atom stereocenters. The molecule has 16 heteroatoms. The van der Waals surface area contributed by atoms with Crippen molar-refractivity contribution in [1.82, 2.24) is 4.57 Å². The number of halogens is 1. The molecule has 0 spiro atoms. The van der Waals surface area contributed by atoms with Crippen molar-refractivity contribution in [2.75, 3.05) is 11.9 Å². The highest BCUT2D eigenvalue weighted by atomic mass is 19.1. The molecule has 0 bridgehead atoms. The van der Waals surface area contributed by atoms with E-state index in [0.29, 0.717) is 33.8 Å². The fraction of sp³-hybridized carbons (Fsp3) is 0.385. The van der Waals surface area contributed by atoms with Crippen LogP contribution in [0.1, 0.15) is 74.8 Å². The number of anilines is 1. The molecule has 0 aliphatic heterocycles. The van der Waals surface area contributed by atoms with Gasteiger partial charge >= 0.3 is 5.97 Å². The summed E-state index contributed by atoms with van der Waals surface area (Å²) in [4.78, 5) is 57.0. The molecule has 1 amide bonds. The molecule has 294 valence electrons. The third kappa shape index (κ3) is 12.3. The first kappa shape index (κ1) is 41.9. The molecule has 0 fully saturated rings. The Morgan fingerprint density at radius 1 is 0.818 bits per heavy atom. The second-order valence-electron chi connectivity index (χ2n) is 13.4. The van der Waals surface area contributed by atoms with Gasteiger partial charge in [0, 0.05) is 36.3 Å². The van der Waals surface area contributed by atoms with Crippen LogP contribution >= 0.6 is 0 Å². The number of carbonyl (C=O) groups is 2. The summed E-state index contributed by atoms with van der Waals surface area (Å²) in [6, 6.07) is 24.3. The minimum Gasteiger partial charge on any atom is -0.466 e. The summed E-state index contributed by atoms with van der Waals surface area (Å²) in [6.45, 7) is 5.09. The maximum absolute atomic E-state index is 14.2. The number of ether oxygens (including phenoxy) is 1. The first-order chi connectivity index (χ1) is 26.2. The Hall–Kier alpha value is -5.87. The normalized spacial score (nSPS) is 13.4. The summed E-state index contributed by atoms with van der Waals surface area (Å²) >= 11 is 0. The second kappa shape index (κ2) is 20.0. The molecule has 3 aromatic carbocycles. The maximum atomic E-state index is 14.2. The minimum absolute atomic E-state index is 0.104. The van der Waals surface area contributed by atoms with E-state index in [1.807, 2.05) is 66.9 Å². The summed E-state index contributed by atoms with van der Waals surface area (Å²) in [5.74, 6) is -1.80.